The molecule has 0 spiro atoms. The molecule has 1 amide bonds. The van der Waals surface area contributed by atoms with Gasteiger partial charge in [-0.2, -0.15) is 0 Å². The van der Waals surface area contributed by atoms with E-state index >= 15 is 0 Å². The Morgan fingerprint density at radius 1 is 1.29 bits per heavy atom. The van der Waals surface area contributed by atoms with Gasteiger partial charge >= 0.3 is 0 Å². The third kappa shape index (κ3) is 2.67. The van der Waals surface area contributed by atoms with Crippen molar-refractivity contribution in [1.82, 2.24) is 4.90 Å². The van der Waals surface area contributed by atoms with Crippen molar-refractivity contribution in [3.8, 4) is 0 Å². The minimum Gasteiger partial charge on any atom is -0.339 e. The van der Waals surface area contributed by atoms with Crippen LogP contribution >= 0.6 is 0 Å². The van der Waals surface area contributed by atoms with Crippen LogP contribution in [0.25, 0.3) is 0 Å². The highest BCUT2D eigenvalue weighted by atomic mass is 16.2. The van der Waals surface area contributed by atoms with Gasteiger partial charge in [-0.15, -0.1) is 0 Å². The molecule has 0 bridgehead atoms. The van der Waals surface area contributed by atoms with Crippen LogP contribution < -0.4 is 5.73 Å². The Balaban J connectivity index is 2.00. The van der Waals surface area contributed by atoms with Crippen LogP contribution in [0.3, 0.4) is 0 Å². The Kier molecular flexibility index (Phi) is 3.48. The molecule has 0 aromatic heterocycles. The summed E-state index contributed by atoms with van der Waals surface area (Å²) < 4.78 is 0. The predicted molar refractivity (Wildman–Crippen MR) is 68.8 cm³/mol. The third-order valence-corrected chi connectivity index (χ3v) is 3.77. The Morgan fingerprint density at radius 3 is 2.41 bits per heavy atom. The lowest BCUT2D eigenvalue weighted by atomic mass is 9.86. The average molecular weight is 232 g/mol. The normalized spacial score (nSPS) is 19.1. The Bertz CT molecular complexity index is 380. The SMILES string of the molecule is CCC1(N)CCN(C(=O)c2ccccc2)CC1. The van der Waals surface area contributed by atoms with Crippen molar-refractivity contribution in [2.24, 2.45) is 5.73 Å². The fourth-order valence-electron chi connectivity index (χ4n) is 2.27. The van der Waals surface area contributed by atoms with E-state index in [-0.39, 0.29) is 11.4 Å². The predicted octanol–water partition coefficient (Wildman–Crippen LogP) is 2.03. The second-order valence-electron chi connectivity index (χ2n) is 4.87. The molecule has 2 N–H and O–H groups in total. The van der Waals surface area contributed by atoms with Gasteiger partial charge in [0, 0.05) is 24.2 Å². The zero-order chi connectivity index (χ0) is 12.3. The van der Waals surface area contributed by atoms with E-state index in [4.69, 9.17) is 5.73 Å². The van der Waals surface area contributed by atoms with E-state index in [1.807, 2.05) is 35.2 Å². The molecule has 0 radical (unpaired) electrons. The lowest BCUT2D eigenvalue weighted by molar-refractivity contribution is 0.0668. The van der Waals surface area contributed by atoms with Gasteiger partial charge in [-0.25, -0.2) is 0 Å². The highest BCUT2D eigenvalue weighted by molar-refractivity contribution is 5.94. The van der Waals surface area contributed by atoms with Crippen molar-refractivity contribution in [2.45, 2.75) is 31.7 Å². The summed E-state index contributed by atoms with van der Waals surface area (Å²) in [5.74, 6) is 0.128. The zero-order valence-electron chi connectivity index (χ0n) is 10.4. The average Bonchev–Trinajstić information content (AvgIpc) is 2.40. The summed E-state index contributed by atoms with van der Waals surface area (Å²) in [4.78, 5) is 14.1. The van der Waals surface area contributed by atoms with Gasteiger partial charge in [-0.1, -0.05) is 25.1 Å². The lowest BCUT2D eigenvalue weighted by Gasteiger charge is -2.38. The monoisotopic (exact) mass is 232 g/mol. The summed E-state index contributed by atoms with van der Waals surface area (Å²) in [6.07, 6.45) is 2.80. The van der Waals surface area contributed by atoms with E-state index in [0.29, 0.717) is 0 Å². The molecule has 1 aliphatic rings. The summed E-state index contributed by atoms with van der Waals surface area (Å²) in [6.45, 7) is 3.67. The molecule has 0 atom stereocenters. The van der Waals surface area contributed by atoms with Crippen molar-refractivity contribution in [2.75, 3.05) is 13.1 Å². The van der Waals surface area contributed by atoms with Crippen molar-refractivity contribution < 1.29 is 4.79 Å². The van der Waals surface area contributed by atoms with Crippen molar-refractivity contribution in [3.05, 3.63) is 35.9 Å². The molecule has 1 heterocycles. The number of carbonyl (C=O) groups is 1. The second kappa shape index (κ2) is 4.88. The third-order valence-electron chi connectivity index (χ3n) is 3.77. The van der Waals surface area contributed by atoms with Gasteiger partial charge in [-0.05, 0) is 31.4 Å². The number of nitrogens with zero attached hydrogens (tertiary/aromatic N) is 1. The fourth-order valence-corrected chi connectivity index (χ4v) is 2.27. The maximum atomic E-state index is 12.2. The van der Waals surface area contributed by atoms with Crippen LogP contribution in [0.15, 0.2) is 30.3 Å². The van der Waals surface area contributed by atoms with Crippen LogP contribution in [0.5, 0.6) is 0 Å². The first kappa shape index (κ1) is 12.1. The molecule has 1 aromatic carbocycles. The van der Waals surface area contributed by atoms with Gasteiger partial charge in [0.15, 0.2) is 0 Å². The van der Waals surface area contributed by atoms with E-state index in [0.717, 1.165) is 37.9 Å². The first-order chi connectivity index (χ1) is 8.14. The topological polar surface area (TPSA) is 46.3 Å². The van der Waals surface area contributed by atoms with Crippen LogP contribution in [0.2, 0.25) is 0 Å². The van der Waals surface area contributed by atoms with Crippen LogP contribution in [-0.4, -0.2) is 29.4 Å². The van der Waals surface area contributed by atoms with Crippen LogP contribution in [0, 0.1) is 0 Å². The molecule has 0 unspecified atom stereocenters. The van der Waals surface area contributed by atoms with Gasteiger partial charge in [0.2, 0.25) is 0 Å². The maximum Gasteiger partial charge on any atom is 0.253 e. The molecule has 17 heavy (non-hydrogen) atoms. The van der Waals surface area contributed by atoms with Gasteiger partial charge in [0.25, 0.3) is 5.91 Å². The second-order valence-corrected chi connectivity index (χ2v) is 4.87. The molecule has 3 nitrogen and oxygen atoms in total. The molecule has 1 fully saturated rings. The lowest BCUT2D eigenvalue weighted by Crippen LogP contribution is -2.51. The van der Waals surface area contributed by atoms with Crippen molar-refractivity contribution in [3.63, 3.8) is 0 Å². The molecule has 2 rings (SSSR count). The van der Waals surface area contributed by atoms with Gasteiger partial charge in [0.05, 0.1) is 0 Å². The Morgan fingerprint density at radius 2 is 1.88 bits per heavy atom. The minimum atomic E-state index is -0.0620. The number of nitrogens with two attached hydrogens (primary N) is 1. The number of carbonyl (C=O) groups excluding carboxylic acids is 1. The number of piperidine rings is 1. The number of hydrogen-bond donors (Lipinski definition) is 1. The summed E-state index contributed by atoms with van der Waals surface area (Å²) in [5, 5.41) is 0. The van der Waals surface area contributed by atoms with E-state index in [9.17, 15) is 4.79 Å². The fraction of sp³-hybridized carbons (Fsp3) is 0.500. The highest BCUT2D eigenvalue weighted by Gasteiger charge is 2.30. The molecule has 92 valence electrons. The number of rotatable bonds is 2. The summed E-state index contributed by atoms with van der Waals surface area (Å²) >= 11 is 0. The molecule has 0 saturated carbocycles. The van der Waals surface area contributed by atoms with Crippen LogP contribution in [0.1, 0.15) is 36.5 Å². The zero-order valence-corrected chi connectivity index (χ0v) is 10.4. The van der Waals surface area contributed by atoms with Gasteiger partial charge < -0.3 is 10.6 Å². The number of likely N-dealkylation sites (tertiary alicyclic amines) is 1. The Hall–Kier alpha value is -1.35. The minimum absolute atomic E-state index is 0.0620. The number of benzene rings is 1. The number of amides is 1. The van der Waals surface area contributed by atoms with Crippen molar-refractivity contribution >= 4 is 5.91 Å². The van der Waals surface area contributed by atoms with Gasteiger partial charge in [-0.3, -0.25) is 4.79 Å². The molecular weight excluding hydrogens is 212 g/mol. The van der Waals surface area contributed by atoms with Crippen LogP contribution in [0.4, 0.5) is 0 Å². The van der Waals surface area contributed by atoms with Gasteiger partial charge in [0.1, 0.15) is 0 Å². The van der Waals surface area contributed by atoms with Crippen molar-refractivity contribution in [1.29, 1.82) is 0 Å². The molecule has 1 aliphatic heterocycles. The quantitative estimate of drug-likeness (QED) is 0.848. The molecule has 1 saturated heterocycles. The van der Waals surface area contributed by atoms with Crippen LogP contribution in [-0.2, 0) is 0 Å². The highest BCUT2D eigenvalue weighted by Crippen LogP contribution is 2.23. The maximum absolute atomic E-state index is 12.2. The molecule has 3 heteroatoms. The van der Waals surface area contributed by atoms with E-state index in [1.54, 1.807) is 0 Å². The first-order valence-electron chi connectivity index (χ1n) is 6.28. The molecule has 1 aromatic rings. The standard InChI is InChI=1S/C14H20N2O/c1-2-14(15)8-10-16(11-9-14)13(17)12-6-4-3-5-7-12/h3-7H,2,8-11,15H2,1H3. The van der Waals surface area contributed by atoms with E-state index < -0.39 is 0 Å². The largest absolute Gasteiger partial charge is 0.339 e. The molecular formula is C14H20N2O. The molecule has 0 aliphatic carbocycles. The summed E-state index contributed by atoms with van der Waals surface area (Å²) in [5.41, 5.74) is 6.93. The summed E-state index contributed by atoms with van der Waals surface area (Å²) in [6, 6.07) is 9.46. The number of hydrogen-bond acceptors (Lipinski definition) is 2. The first-order valence-corrected chi connectivity index (χ1v) is 6.28. The van der Waals surface area contributed by atoms with E-state index in [1.165, 1.54) is 0 Å². The van der Waals surface area contributed by atoms with E-state index in [2.05, 4.69) is 6.92 Å². The summed E-state index contributed by atoms with van der Waals surface area (Å²) in [7, 11) is 0. The Labute approximate surface area is 103 Å². The smallest absolute Gasteiger partial charge is 0.253 e.